The van der Waals surface area contributed by atoms with Gasteiger partial charge in [-0.25, -0.2) is 0 Å². The van der Waals surface area contributed by atoms with Crippen LogP contribution < -0.4 is 4.89 Å². The van der Waals surface area contributed by atoms with Gasteiger partial charge in [0.1, 0.15) is 19.8 Å². The van der Waals surface area contributed by atoms with E-state index in [9.17, 15) is 34.4 Å². The van der Waals surface area contributed by atoms with Crippen LogP contribution in [0.25, 0.3) is 0 Å². The van der Waals surface area contributed by atoms with Crippen LogP contribution in [0.1, 0.15) is 155 Å². The molecule has 0 fully saturated rings. The average molecular weight is 922 g/mol. The summed E-state index contributed by atoms with van der Waals surface area (Å²) < 4.78 is 33.7. The van der Waals surface area contributed by atoms with E-state index in [1.54, 1.807) is 42.5 Å². The minimum atomic E-state index is -4.72. The smallest absolute Gasteiger partial charge is 0.306 e. The van der Waals surface area contributed by atoms with E-state index < -0.39 is 57.4 Å². The summed E-state index contributed by atoms with van der Waals surface area (Å²) in [6, 6.07) is 0. The fourth-order valence-corrected chi connectivity index (χ4v) is 6.77. The number of ether oxygens (including phenoxy) is 2. The Hall–Kier alpha value is -2.93. The van der Waals surface area contributed by atoms with Crippen LogP contribution in [0, 0.1) is 0 Å². The first-order valence-corrected chi connectivity index (χ1v) is 25.6. The van der Waals surface area contributed by atoms with E-state index in [-0.39, 0.29) is 32.3 Å². The number of esters is 2. The van der Waals surface area contributed by atoms with Gasteiger partial charge in [-0.3, -0.25) is 14.2 Å². The average Bonchev–Trinajstić information content (AvgIpc) is 3.24. The quantitative estimate of drug-likeness (QED) is 0.0133. The van der Waals surface area contributed by atoms with Crippen molar-refractivity contribution in [3.63, 3.8) is 0 Å². The second-order valence-corrected chi connectivity index (χ2v) is 18.7. The third kappa shape index (κ3) is 43.0. The standard InChI is InChI=1S/C51H88NO11P/c1-6-8-10-11-12-13-14-15-16-17-18-19-20-21-22-23-24-25-30-34-40-51(57)63-47(45-62-64(58,59)61-43-42-52(3,4)5)44-60-50(56)41-35-39-49(55)48(54)38-33-29-27-26-28-32-37-46(53)36-31-9-7-2/h13-14,16-17,19-20,26-29,32-33,37-38,46-49,53-55H,6-12,15,18,21-25,30-31,34-36,39-45H2,1-5H3/b14-13-,17-16-,20-19-,28-26-,29-27+,37-32+,38-33+/t46-,47-,48-,49-/m1/s1. The number of phosphoric ester groups is 1. The number of likely N-dealkylation sites (N-methyl/N-ethyl adjacent to an activating group) is 1. The molecule has 0 saturated heterocycles. The number of aliphatic hydroxyl groups is 3. The molecule has 0 aromatic heterocycles. The van der Waals surface area contributed by atoms with Crippen LogP contribution in [-0.2, 0) is 32.7 Å². The molecule has 0 radical (unpaired) electrons. The molecular weight excluding hydrogens is 834 g/mol. The molecule has 13 heteroatoms. The molecule has 0 heterocycles. The number of quaternary nitrogens is 1. The van der Waals surface area contributed by atoms with Crippen molar-refractivity contribution in [2.45, 2.75) is 180 Å². The van der Waals surface area contributed by atoms with Crippen LogP contribution in [0.5, 0.6) is 0 Å². The van der Waals surface area contributed by atoms with Crippen LogP contribution >= 0.6 is 7.82 Å². The highest BCUT2D eigenvalue weighted by Gasteiger charge is 2.22. The molecule has 12 nitrogen and oxygen atoms in total. The highest BCUT2D eigenvalue weighted by Crippen LogP contribution is 2.38. The van der Waals surface area contributed by atoms with Gasteiger partial charge in [0, 0.05) is 12.8 Å². The van der Waals surface area contributed by atoms with Gasteiger partial charge in [0.05, 0.1) is 46.1 Å². The Morgan fingerprint density at radius 2 is 1.14 bits per heavy atom. The van der Waals surface area contributed by atoms with Crippen molar-refractivity contribution in [2.24, 2.45) is 0 Å². The summed E-state index contributed by atoms with van der Waals surface area (Å²) in [6.07, 6.45) is 42.6. The summed E-state index contributed by atoms with van der Waals surface area (Å²) in [6.45, 7) is 3.68. The van der Waals surface area contributed by atoms with Gasteiger partial charge in [0.25, 0.3) is 7.82 Å². The molecule has 0 bridgehead atoms. The minimum Gasteiger partial charge on any atom is -0.756 e. The van der Waals surface area contributed by atoms with Crippen LogP contribution in [0.3, 0.4) is 0 Å². The summed E-state index contributed by atoms with van der Waals surface area (Å²) in [5.74, 6) is -1.19. The summed E-state index contributed by atoms with van der Waals surface area (Å²) in [5.41, 5.74) is 0. The maximum Gasteiger partial charge on any atom is 0.306 e. The van der Waals surface area contributed by atoms with E-state index in [4.69, 9.17) is 18.5 Å². The third-order valence-electron chi connectivity index (χ3n) is 10.0. The predicted molar refractivity (Wildman–Crippen MR) is 258 cm³/mol. The molecule has 0 aliphatic heterocycles. The molecule has 368 valence electrons. The zero-order valence-electron chi connectivity index (χ0n) is 40.3. The number of allylic oxidation sites excluding steroid dienone is 12. The number of carbonyl (C=O) groups is 2. The normalized spacial score (nSPS) is 15.7. The zero-order valence-corrected chi connectivity index (χ0v) is 41.2. The van der Waals surface area contributed by atoms with Crippen molar-refractivity contribution in [2.75, 3.05) is 47.5 Å². The van der Waals surface area contributed by atoms with Gasteiger partial charge in [-0.05, 0) is 64.2 Å². The van der Waals surface area contributed by atoms with E-state index in [2.05, 4.69) is 50.3 Å². The van der Waals surface area contributed by atoms with Crippen molar-refractivity contribution in [3.05, 3.63) is 85.1 Å². The summed E-state index contributed by atoms with van der Waals surface area (Å²) in [5, 5.41) is 30.6. The minimum absolute atomic E-state index is 0.0835. The van der Waals surface area contributed by atoms with Gasteiger partial charge in [-0.15, -0.1) is 0 Å². The topological polar surface area (TPSA) is 172 Å². The van der Waals surface area contributed by atoms with Gasteiger partial charge in [-0.2, -0.15) is 0 Å². The number of hydrogen-bond acceptors (Lipinski definition) is 11. The maximum absolute atomic E-state index is 12.7. The zero-order chi connectivity index (χ0) is 47.6. The fourth-order valence-electron chi connectivity index (χ4n) is 6.04. The number of phosphoric acid groups is 1. The SMILES string of the molecule is CCCCCC/C=C\C/C=C\C/C=C\CCCCCCCCC(=O)O[C@H](COC(=O)CCC[C@@H](O)[C@H](O)/C=C/C=C/C=C\C=C\[C@H](O)CCCCC)COP(=O)([O-])OCC[N+](C)(C)C. The van der Waals surface area contributed by atoms with Gasteiger partial charge in [0.15, 0.2) is 6.10 Å². The molecule has 0 spiro atoms. The maximum atomic E-state index is 12.7. The van der Waals surface area contributed by atoms with Gasteiger partial charge in [0.2, 0.25) is 0 Å². The van der Waals surface area contributed by atoms with Crippen molar-refractivity contribution < 1.29 is 57.4 Å². The summed E-state index contributed by atoms with van der Waals surface area (Å²) in [7, 11) is 0.953. The molecule has 0 aromatic carbocycles. The second-order valence-electron chi connectivity index (χ2n) is 17.3. The molecule has 64 heavy (non-hydrogen) atoms. The predicted octanol–water partition coefficient (Wildman–Crippen LogP) is 10.2. The Morgan fingerprint density at radius 3 is 1.77 bits per heavy atom. The fraction of sp³-hybridized carbons (Fsp3) is 0.686. The first kappa shape index (κ1) is 61.1. The molecule has 0 aromatic rings. The lowest BCUT2D eigenvalue weighted by molar-refractivity contribution is -0.870. The van der Waals surface area contributed by atoms with Crippen molar-refractivity contribution in [1.29, 1.82) is 0 Å². The van der Waals surface area contributed by atoms with Crippen LogP contribution in [0.15, 0.2) is 85.1 Å². The molecule has 0 aliphatic rings. The molecule has 1 unspecified atom stereocenters. The molecule has 0 saturated carbocycles. The Kier molecular flexibility index (Phi) is 39.6. The molecule has 0 rings (SSSR count). The lowest BCUT2D eigenvalue weighted by Crippen LogP contribution is -2.37. The molecule has 5 atom stereocenters. The Morgan fingerprint density at radius 1 is 0.609 bits per heavy atom. The Balaban J connectivity index is 4.64. The summed E-state index contributed by atoms with van der Waals surface area (Å²) >= 11 is 0. The first-order valence-electron chi connectivity index (χ1n) is 24.1. The second kappa shape index (κ2) is 41.5. The van der Waals surface area contributed by atoms with Gasteiger partial charge < -0.3 is 43.2 Å². The lowest BCUT2D eigenvalue weighted by Gasteiger charge is -2.28. The number of unbranched alkanes of at least 4 members (excludes halogenated alkanes) is 12. The van der Waals surface area contributed by atoms with Crippen molar-refractivity contribution >= 4 is 19.8 Å². The van der Waals surface area contributed by atoms with E-state index >= 15 is 0 Å². The summed E-state index contributed by atoms with van der Waals surface area (Å²) in [4.78, 5) is 37.7. The number of hydrogen-bond donors (Lipinski definition) is 3. The van der Waals surface area contributed by atoms with Crippen molar-refractivity contribution in [1.82, 2.24) is 0 Å². The number of nitrogens with zero attached hydrogens (tertiary/aromatic N) is 1. The third-order valence-corrected chi connectivity index (χ3v) is 11.0. The van der Waals surface area contributed by atoms with E-state index in [0.717, 1.165) is 77.0 Å². The molecule has 0 amide bonds. The number of rotatable bonds is 42. The monoisotopic (exact) mass is 922 g/mol. The molecule has 3 N–H and O–H groups in total. The van der Waals surface area contributed by atoms with E-state index in [0.29, 0.717) is 17.4 Å². The van der Waals surface area contributed by atoms with E-state index in [1.807, 2.05) is 21.1 Å². The Bertz CT molecular complexity index is 1420. The number of carbonyl (C=O) groups excluding carboxylic acids is 2. The molecule has 0 aliphatic carbocycles. The molecular formula is C51H88NO11P. The van der Waals surface area contributed by atoms with Crippen LogP contribution in [-0.4, -0.2) is 104 Å². The largest absolute Gasteiger partial charge is 0.756 e. The first-order chi connectivity index (χ1) is 30.7. The van der Waals surface area contributed by atoms with Crippen LogP contribution in [0.2, 0.25) is 0 Å². The lowest BCUT2D eigenvalue weighted by atomic mass is 10.1. The van der Waals surface area contributed by atoms with Crippen molar-refractivity contribution in [3.8, 4) is 0 Å². The highest BCUT2D eigenvalue weighted by molar-refractivity contribution is 7.45. The van der Waals surface area contributed by atoms with Gasteiger partial charge >= 0.3 is 11.9 Å². The van der Waals surface area contributed by atoms with E-state index in [1.165, 1.54) is 38.2 Å². The van der Waals surface area contributed by atoms with Crippen LogP contribution in [0.4, 0.5) is 0 Å². The van der Waals surface area contributed by atoms with Gasteiger partial charge in [-0.1, -0.05) is 163 Å². The highest BCUT2D eigenvalue weighted by atomic mass is 31.2. The Labute approximate surface area is 388 Å². The number of aliphatic hydroxyl groups excluding tert-OH is 3.